The van der Waals surface area contributed by atoms with Gasteiger partial charge in [-0.25, -0.2) is 25.6 Å². The highest BCUT2D eigenvalue weighted by molar-refractivity contribution is 7.92. The molecule has 0 bridgehead atoms. The van der Waals surface area contributed by atoms with Crippen LogP contribution in [0.2, 0.25) is 0 Å². The van der Waals surface area contributed by atoms with Gasteiger partial charge in [0.1, 0.15) is 11.6 Å². The molecule has 0 aliphatic carbocycles. The fourth-order valence-electron chi connectivity index (χ4n) is 2.64. The summed E-state index contributed by atoms with van der Waals surface area (Å²) in [6, 6.07) is 7.11. The lowest BCUT2D eigenvalue weighted by molar-refractivity contribution is 0.477. The molecule has 1 N–H and O–H groups in total. The molecule has 2 aromatic rings. The van der Waals surface area contributed by atoms with Gasteiger partial charge in [-0.3, -0.25) is 4.72 Å². The summed E-state index contributed by atoms with van der Waals surface area (Å²) in [4.78, 5) is -0.243. The van der Waals surface area contributed by atoms with E-state index in [2.05, 4.69) is 0 Å². The van der Waals surface area contributed by atoms with Gasteiger partial charge in [0.15, 0.2) is 0 Å². The summed E-state index contributed by atoms with van der Waals surface area (Å²) in [7, 11) is -7.81. The number of nitrogens with zero attached hydrogens (tertiary/aromatic N) is 1. The minimum Gasteiger partial charge on any atom is -0.277 e. The molecule has 0 radical (unpaired) electrons. The van der Waals surface area contributed by atoms with E-state index in [4.69, 9.17) is 0 Å². The minimum atomic E-state index is -4.15. The molecule has 2 aromatic carbocycles. The zero-order valence-electron chi connectivity index (χ0n) is 13.5. The van der Waals surface area contributed by atoms with Crippen LogP contribution in [0.4, 0.5) is 14.5 Å². The van der Waals surface area contributed by atoms with Gasteiger partial charge in [-0.2, -0.15) is 4.31 Å². The van der Waals surface area contributed by atoms with Crippen LogP contribution in [-0.4, -0.2) is 34.2 Å². The number of benzene rings is 2. The van der Waals surface area contributed by atoms with E-state index < -0.39 is 37.4 Å². The van der Waals surface area contributed by atoms with E-state index in [0.717, 1.165) is 37.1 Å². The van der Waals surface area contributed by atoms with Crippen LogP contribution in [0.1, 0.15) is 12.8 Å². The summed E-state index contributed by atoms with van der Waals surface area (Å²) >= 11 is 0. The molecule has 3 rings (SSSR count). The molecule has 0 spiro atoms. The Bertz CT molecular complexity index is 1020. The van der Waals surface area contributed by atoms with E-state index in [-0.39, 0.29) is 9.79 Å². The van der Waals surface area contributed by atoms with E-state index in [9.17, 15) is 25.6 Å². The Morgan fingerprint density at radius 3 is 2.00 bits per heavy atom. The first-order chi connectivity index (χ1) is 12.2. The van der Waals surface area contributed by atoms with Gasteiger partial charge in [-0.05, 0) is 49.2 Å². The Hall–Kier alpha value is -2.04. The standard InChI is InChI=1S/C16H16F2N2O4S2/c17-12-3-8-16(15(18)11-12)19-25(21,22)13-4-6-14(7-5-13)26(23,24)20-9-1-2-10-20/h3-8,11,19H,1-2,9-10H2. The van der Waals surface area contributed by atoms with Gasteiger partial charge < -0.3 is 0 Å². The van der Waals surface area contributed by atoms with Gasteiger partial charge in [0.25, 0.3) is 10.0 Å². The van der Waals surface area contributed by atoms with Crippen LogP contribution in [0.15, 0.2) is 52.3 Å². The van der Waals surface area contributed by atoms with Gasteiger partial charge in [0.05, 0.1) is 15.5 Å². The highest BCUT2D eigenvalue weighted by Gasteiger charge is 2.27. The molecule has 6 nitrogen and oxygen atoms in total. The highest BCUT2D eigenvalue weighted by Crippen LogP contribution is 2.24. The summed E-state index contributed by atoms with van der Waals surface area (Å²) in [5.74, 6) is -1.89. The third kappa shape index (κ3) is 3.71. The van der Waals surface area contributed by atoms with Crippen molar-refractivity contribution in [2.45, 2.75) is 22.6 Å². The molecule has 26 heavy (non-hydrogen) atoms. The maximum Gasteiger partial charge on any atom is 0.261 e. The zero-order chi connectivity index (χ0) is 18.9. The number of sulfonamides is 2. The van der Waals surface area contributed by atoms with Crippen molar-refractivity contribution in [3.05, 3.63) is 54.1 Å². The normalized spacial score (nSPS) is 15.9. The molecule has 1 aliphatic heterocycles. The van der Waals surface area contributed by atoms with E-state index in [1.54, 1.807) is 0 Å². The molecule has 0 amide bonds. The Morgan fingerprint density at radius 1 is 0.846 bits per heavy atom. The summed E-state index contributed by atoms with van der Waals surface area (Å²) in [5.41, 5.74) is -0.403. The number of hydrogen-bond acceptors (Lipinski definition) is 4. The second-order valence-corrected chi connectivity index (χ2v) is 9.43. The number of rotatable bonds is 5. The quantitative estimate of drug-likeness (QED) is 0.833. The monoisotopic (exact) mass is 402 g/mol. The van der Waals surface area contributed by atoms with Crippen LogP contribution < -0.4 is 4.72 Å². The highest BCUT2D eigenvalue weighted by atomic mass is 32.2. The molecule has 0 atom stereocenters. The topological polar surface area (TPSA) is 83.5 Å². The summed E-state index contributed by atoms with van der Waals surface area (Å²) in [6.07, 6.45) is 1.58. The van der Waals surface area contributed by atoms with E-state index in [0.29, 0.717) is 19.2 Å². The first-order valence-corrected chi connectivity index (χ1v) is 10.7. The summed E-state index contributed by atoms with van der Waals surface area (Å²) in [6.45, 7) is 0.877. The predicted octanol–water partition coefficient (Wildman–Crippen LogP) is 2.55. The third-order valence-corrected chi connectivity index (χ3v) is 7.31. The average molecular weight is 402 g/mol. The molecule has 0 saturated carbocycles. The van der Waals surface area contributed by atoms with Gasteiger partial charge in [-0.1, -0.05) is 0 Å². The van der Waals surface area contributed by atoms with Crippen molar-refractivity contribution in [2.24, 2.45) is 0 Å². The van der Waals surface area contributed by atoms with Crippen molar-refractivity contribution in [1.82, 2.24) is 4.31 Å². The van der Waals surface area contributed by atoms with Crippen molar-refractivity contribution < 1.29 is 25.6 Å². The Balaban J connectivity index is 1.85. The van der Waals surface area contributed by atoms with Gasteiger partial charge >= 0.3 is 0 Å². The maximum absolute atomic E-state index is 13.6. The molecule has 10 heteroatoms. The largest absolute Gasteiger partial charge is 0.277 e. The van der Waals surface area contributed by atoms with Crippen LogP contribution >= 0.6 is 0 Å². The summed E-state index contributed by atoms with van der Waals surface area (Å²) in [5, 5.41) is 0. The van der Waals surface area contributed by atoms with E-state index in [1.807, 2.05) is 4.72 Å². The molecular weight excluding hydrogens is 386 g/mol. The molecular formula is C16H16F2N2O4S2. The second-order valence-electron chi connectivity index (χ2n) is 5.81. The minimum absolute atomic E-state index is 0.00804. The zero-order valence-corrected chi connectivity index (χ0v) is 15.2. The smallest absolute Gasteiger partial charge is 0.261 e. The molecule has 1 aliphatic rings. The van der Waals surface area contributed by atoms with Crippen LogP contribution in [0.25, 0.3) is 0 Å². The molecule has 0 aromatic heterocycles. The lowest BCUT2D eigenvalue weighted by Crippen LogP contribution is -2.27. The third-order valence-electron chi connectivity index (χ3n) is 4.01. The number of nitrogens with one attached hydrogen (secondary N) is 1. The van der Waals surface area contributed by atoms with Crippen molar-refractivity contribution in [2.75, 3.05) is 17.8 Å². The second kappa shape index (κ2) is 6.93. The fraction of sp³-hybridized carbons (Fsp3) is 0.250. The average Bonchev–Trinajstić information content (AvgIpc) is 3.13. The summed E-state index contributed by atoms with van der Waals surface area (Å²) < 4.78 is 79.4. The number of anilines is 1. The molecule has 1 saturated heterocycles. The molecule has 1 fully saturated rings. The lowest BCUT2D eigenvalue weighted by atomic mass is 10.3. The van der Waals surface area contributed by atoms with E-state index in [1.165, 1.54) is 16.4 Å². The molecule has 0 unspecified atom stereocenters. The number of hydrogen-bond donors (Lipinski definition) is 1. The molecule has 140 valence electrons. The maximum atomic E-state index is 13.6. The molecule has 1 heterocycles. The van der Waals surface area contributed by atoms with Gasteiger partial charge in [0.2, 0.25) is 10.0 Å². The van der Waals surface area contributed by atoms with Crippen molar-refractivity contribution in [3.8, 4) is 0 Å². The van der Waals surface area contributed by atoms with Crippen molar-refractivity contribution in [3.63, 3.8) is 0 Å². The first kappa shape index (κ1) is 18.7. The van der Waals surface area contributed by atoms with Crippen molar-refractivity contribution in [1.29, 1.82) is 0 Å². The number of halogens is 2. The van der Waals surface area contributed by atoms with Gasteiger partial charge in [0, 0.05) is 19.2 Å². The van der Waals surface area contributed by atoms with Crippen LogP contribution in [0.5, 0.6) is 0 Å². The first-order valence-electron chi connectivity index (χ1n) is 7.78. The SMILES string of the molecule is O=S(=O)(Nc1ccc(F)cc1F)c1ccc(S(=O)(=O)N2CCCC2)cc1. The lowest BCUT2D eigenvalue weighted by Gasteiger charge is -2.15. The Kier molecular flexibility index (Phi) is 5.00. The van der Waals surface area contributed by atoms with Crippen molar-refractivity contribution >= 4 is 25.7 Å². The Labute approximate surface area is 150 Å². The predicted molar refractivity (Wildman–Crippen MR) is 91.6 cm³/mol. The van der Waals surface area contributed by atoms with E-state index >= 15 is 0 Å². The van der Waals surface area contributed by atoms with Crippen LogP contribution in [0, 0.1) is 11.6 Å². The van der Waals surface area contributed by atoms with Crippen LogP contribution in [-0.2, 0) is 20.0 Å². The Morgan fingerprint density at radius 2 is 1.42 bits per heavy atom. The van der Waals surface area contributed by atoms with Crippen LogP contribution in [0.3, 0.4) is 0 Å². The fourth-order valence-corrected chi connectivity index (χ4v) is 5.23. The van der Waals surface area contributed by atoms with Gasteiger partial charge in [-0.15, -0.1) is 0 Å².